The van der Waals surface area contributed by atoms with Gasteiger partial charge in [-0.25, -0.2) is 0 Å². The summed E-state index contributed by atoms with van der Waals surface area (Å²) in [7, 11) is 0. The molecule has 1 aromatic carbocycles. The second kappa shape index (κ2) is 5.34. The average molecular weight is 289 g/mol. The summed E-state index contributed by atoms with van der Waals surface area (Å²) in [5.41, 5.74) is 0.834. The summed E-state index contributed by atoms with van der Waals surface area (Å²) in [5.74, 6) is 0.662. The number of benzene rings is 1. The fraction of sp³-hybridized carbons (Fsp3) is 0.588. The number of phenols is 1. The lowest BCUT2D eigenvalue weighted by atomic mass is 9.55. The highest BCUT2D eigenvalue weighted by atomic mass is 16.5. The Bertz CT molecular complexity index is 541. The second-order valence-electron chi connectivity index (χ2n) is 6.81. The molecule has 4 heteroatoms. The third-order valence-corrected chi connectivity index (χ3v) is 4.92. The number of carbonyl (C=O) groups excluding carboxylic acids is 1. The Morgan fingerprint density at radius 1 is 1.48 bits per heavy atom. The topological polar surface area (TPSA) is 58.6 Å². The summed E-state index contributed by atoms with van der Waals surface area (Å²) in [5, 5.41) is 12.6. The number of ether oxygens (including phenoxy) is 1. The molecule has 2 fully saturated rings. The van der Waals surface area contributed by atoms with E-state index in [9.17, 15) is 9.90 Å². The van der Waals surface area contributed by atoms with Crippen LogP contribution in [0.2, 0.25) is 0 Å². The Labute approximate surface area is 125 Å². The van der Waals surface area contributed by atoms with Crippen LogP contribution in [0.3, 0.4) is 0 Å². The predicted octanol–water partition coefficient (Wildman–Crippen LogP) is 2.25. The molecule has 1 saturated heterocycles. The molecule has 4 nitrogen and oxygen atoms in total. The van der Waals surface area contributed by atoms with Crippen molar-refractivity contribution in [1.29, 1.82) is 0 Å². The summed E-state index contributed by atoms with van der Waals surface area (Å²) >= 11 is 0. The van der Waals surface area contributed by atoms with Crippen molar-refractivity contribution in [2.45, 2.75) is 45.3 Å². The first-order chi connectivity index (χ1) is 9.98. The second-order valence-corrected chi connectivity index (χ2v) is 6.81. The maximum Gasteiger partial charge on any atom is 0.224 e. The molecular weight excluding hydrogens is 266 g/mol. The van der Waals surface area contributed by atoms with Crippen molar-refractivity contribution in [3.8, 4) is 5.75 Å². The van der Waals surface area contributed by atoms with E-state index in [-0.39, 0.29) is 29.2 Å². The Kier molecular flexibility index (Phi) is 3.66. The summed E-state index contributed by atoms with van der Waals surface area (Å²) in [4.78, 5) is 12.3. The van der Waals surface area contributed by atoms with Gasteiger partial charge in [-0.05, 0) is 30.5 Å². The fourth-order valence-corrected chi connectivity index (χ4v) is 3.89. The van der Waals surface area contributed by atoms with Crippen molar-refractivity contribution in [3.63, 3.8) is 0 Å². The molecule has 0 spiro atoms. The molecule has 0 radical (unpaired) electrons. The molecule has 2 N–H and O–H groups in total. The van der Waals surface area contributed by atoms with Gasteiger partial charge in [0.1, 0.15) is 5.75 Å². The summed E-state index contributed by atoms with van der Waals surface area (Å²) in [6, 6.07) is 7.06. The Hall–Kier alpha value is -1.55. The summed E-state index contributed by atoms with van der Waals surface area (Å²) in [6.07, 6.45) is 2.79. The van der Waals surface area contributed by atoms with Crippen LogP contribution in [-0.4, -0.2) is 29.8 Å². The van der Waals surface area contributed by atoms with E-state index in [1.54, 1.807) is 18.2 Å². The predicted molar refractivity (Wildman–Crippen MR) is 80.0 cm³/mol. The number of amides is 1. The molecule has 0 bridgehead atoms. The van der Waals surface area contributed by atoms with Crippen molar-refractivity contribution in [2.75, 3.05) is 6.61 Å². The minimum absolute atomic E-state index is 0.000423. The lowest BCUT2D eigenvalue weighted by Gasteiger charge is -2.59. The van der Waals surface area contributed by atoms with Crippen LogP contribution >= 0.6 is 0 Å². The van der Waals surface area contributed by atoms with Gasteiger partial charge in [-0.2, -0.15) is 0 Å². The highest BCUT2D eigenvalue weighted by Gasteiger charge is 2.58. The van der Waals surface area contributed by atoms with E-state index in [4.69, 9.17) is 4.74 Å². The molecule has 0 aromatic heterocycles. The Morgan fingerprint density at radius 3 is 3.05 bits per heavy atom. The normalized spacial score (nSPS) is 30.1. The molecule has 114 valence electrons. The fourth-order valence-electron chi connectivity index (χ4n) is 3.89. The number of hydrogen-bond donors (Lipinski definition) is 2. The van der Waals surface area contributed by atoms with Gasteiger partial charge in [0, 0.05) is 24.0 Å². The van der Waals surface area contributed by atoms with Crippen molar-refractivity contribution in [3.05, 3.63) is 29.8 Å². The van der Waals surface area contributed by atoms with Crippen molar-refractivity contribution in [1.82, 2.24) is 5.32 Å². The van der Waals surface area contributed by atoms with Gasteiger partial charge in [0.05, 0.1) is 12.5 Å². The minimum atomic E-state index is -0.000423. The number of hydrogen-bond acceptors (Lipinski definition) is 3. The van der Waals surface area contributed by atoms with Crippen molar-refractivity contribution in [2.24, 2.45) is 11.3 Å². The van der Waals surface area contributed by atoms with E-state index in [0.717, 1.165) is 25.0 Å². The van der Waals surface area contributed by atoms with Gasteiger partial charge in [-0.1, -0.05) is 26.0 Å². The number of phenolic OH excluding ortho intramolecular Hbond substituents is 1. The monoisotopic (exact) mass is 289 g/mol. The third-order valence-electron chi connectivity index (χ3n) is 4.92. The van der Waals surface area contributed by atoms with Crippen LogP contribution in [0.25, 0.3) is 0 Å². The van der Waals surface area contributed by atoms with E-state index in [1.807, 2.05) is 6.07 Å². The Morgan fingerprint density at radius 2 is 2.29 bits per heavy atom. The van der Waals surface area contributed by atoms with Gasteiger partial charge in [-0.3, -0.25) is 4.79 Å². The quantitative estimate of drug-likeness (QED) is 0.897. The highest BCUT2D eigenvalue weighted by molar-refractivity contribution is 5.79. The molecule has 1 aliphatic carbocycles. The van der Waals surface area contributed by atoms with Gasteiger partial charge < -0.3 is 15.2 Å². The van der Waals surface area contributed by atoms with E-state index in [2.05, 4.69) is 19.2 Å². The van der Waals surface area contributed by atoms with E-state index < -0.39 is 0 Å². The molecule has 2 aliphatic rings. The van der Waals surface area contributed by atoms with Crippen LogP contribution in [0, 0.1) is 11.3 Å². The van der Waals surface area contributed by atoms with Gasteiger partial charge in [0.25, 0.3) is 0 Å². The molecule has 1 aliphatic heterocycles. The van der Waals surface area contributed by atoms with Gasteiger partial charge in [-0.15, -0.1) is 0 Å². The number of aromatic hydroxyl groups is 1. The van der Waals surface area contributed by atoms with Gasteiger partial charge in [0.2, 0.25) is 5.91 Å². The molecule has 21 heavy (non-hydrogen) atoms. The molecular formula is C17H23NO3. The Balaban J connectivity index is 1.62. The maximum atomic E-state index is 12.3. The number of rotatable bonds is 3. The van der Waals surface area contributed by atoms with Crippen LogP contribution in [0.5, 0.6) is 5.75 Å². The van der Waals surface area contributed by atoms with E-state index >= 15 is 0 Å². The van der Waals surface area contributed by atoms with Crippen LogP contribution in [0.4, 0.5) is 0 Å². The number of nitrogens with one attached hydrogen (secondary N) is 1. The van der Waals surface area contributed by atoms with Crippen LogP contribution in [0.1, 0.15) is 32.3 Å². The van der Waals surface area contributed by atoms with Crippen LogP contribution in [-0.2, 0) is 16.0 Å². The average Bonchev–Trinajstić information content (AvgIpc) is 2.45. The molecule has 0 unspecified atom stereocenters. The first-order valence-corrected chi connectivity index (χ1v) is 7.67. The molecule has 1 heterocycles. The summed E-state index contributed by atoms with van der Waals surface area (Å²) < 4.78 is 5.85. The zero-order valence-electron chi connectivity index (χ0n) is 12.6. The minimum Gasteiger partial charge on any atom is -0.508 e. The zero-order valence-corrected chi connectivity index (χ0v) is 12.6. The summed E-state index contributed by atoms with van der Waals surface area (Å²) in [6.45, 7) is 5.17. The third kappa shape index (κ3) is 2.64. The van der Waals surface area contributed by atoms with Crippen molar-refractivity contribution < 1.29 is 14.6 Å². The molecule has 3 rings (SSSR count). The first-order valence-electron chi connectivity index (χ1n) is 7.67. The first kappa shape index (κ1) is 14.4. The molecule has 3 atom stereocenters. The molecule has 1 amide bonds. The van der Waals surface area contributed by atoms with Gasteiger partial charge >= 0.3 is 0 Å². The largest absolute Gasteiger partial charge is 0.508 e. The highest BCUT2D eigenvalue weighted by Crippen LogP contribution is 2.51. The zero-order chi connectivity index (χ0) is 15.0. The lowest BCUT2D eigenvalue weighted by molar-refractivity contribution is -0.193. The van der Waals surface area contributed by atoms with Crippen LogP contribution in [0.15, 0.2) is 24.3 Å². The SMILES string of the molecule is CC1(C)[C@H](NC(=O)Cc2cccc(O)c2)[C@H]2CCCO[C@H]21. The van der Waals surface area contributed by atoms with E-state index in [0.29, 0.717) is 12.3 Å². The smallest absolute Gasteiger partial charge is 0.224 e. The van der Waals surface area contributed by atoms with E-state index in [1.165, 1.54) is 0 Å². The molecule has 1 aromatic rings. The van der Waals surface area contributed by atoms with Crippen LogP contribution < -0.4 is 5.32 Å². The molecule has 1 saturated carbocycles. The maximum absolute atomic E-state index is 12.3. The number of carbonyl (C=O) groups is 1. The van der Waals surface area contributed by atoms with Crippen molar-refractivity contribution >= 4 is 5.91 Å². The lowest BCUT2D eigenvalue weighted by Crippen LogP contribution is -2.70. The van der Waals surface area contributed by atoms with Gasteiger partial charge in [0.15, 0.2) is 0 Å². The standard InChI is InChI=1S/C17H23NO3/c1-17(2)15(13-7-4-8-21-16(13)17)18-14(20)10-11-5-3-6-12(19)9-11/h3,5-6,9,13,15-16,19H,4,7-8,10H2,1-2H3,(H,18,20)/t13-,15-,16-/m1/s1. The number of fused-ring (bicyclic) bond motifs is 1.